The quantitative estimate of drug-likeness (QED) is 0.799. The molecular formula is C19H27NO2. The molecule has 0 amide bonds. The molecule has 0 aliphatic carbocycles. The van der Waals surface area contributed by atoms with Crippen LogP contribution in [0.25, 0.3) is 0 Å². The highest BCUT2D eigenvalue weighted by Crippen LogP contribution is 1.97. The Kier molecular flexibility index (Phi) is 10.9. The van der Waals surface area contributed by atoms with Gasteiger partial charge in [-0.05, 0) is 37.1 Å². The van der Waals surface area contributed by atoms with E-state index in [1.165, 1.54) is 32.4 Å². The van der Waals surface area contributed by atoms with Crippen molar-refractivity contribution >= 4 is 0 Å². The lowest BCUT2D eigenvalue weighted by molar-refractivity contribution is 0.281. The van der Waals surface area contributed by atoms with Gasteiger partial charge < -0.3 is 15.5 Å². The van der Waals surface area contributed by atoms with Gasteiger partial charge >= 0.3 is 0 Å². The third-order valence-corrected chi connectivity index (χ3v) is 3.26. The average Bonchev–Trinajstić information content (AvgIpc) is 2.65. The van der Waals surface area contributed by atoms with Gasteiger partial charge in [0.25, 0.3) is 0 Å². The zero-order valence-corrected chi connectivity index (χ0v) is 13.1. The Morgan fingerprint density at radius 1 is 0.636 bits per heavy atom. The van der Waals surface area contributed by atoms with Gasteiger partial charge in [0.1, 0.15) is 0 Å². The van der Waals surface area contributed by atoms with Crippen LogP contribution in [0.3, 0.4) is 0 Å². The first-order valence-corrected chi connectivity index (χ1v) is 7.87. The average molecular weight is 301 g/mol. The topological polar surface area (TPSA) is 52.5 Å². The van der Waals surface area contributed by atoms with Crippen molar-refractivity contribution in [3.63, 3.8) is 0 Å². The van der Waals surface area contributed by atoms with Crippen molar-refractivity contribution in [1.82, 2.24) is 5.32 Å². The zero-order valence-electron chi connectivity index (χ0n) is 13.1. The van der Waals surface area contributed by atoms with Gasteiger partial charge in [0.15, 0.2) is 0 Å². The summed E-state index contributed by atoms with van der Waals surface area (Å²) in [6.07, 6.45) is 4.22. The van der Waals surface area contributed by atoms with Gasteiger partial charge in [-0.2, -0.15) is 0 Å². The molecule has 1 fully saturated rings. The highest BCUT2D eigenvalue weighted by atomic mass is 16.3. The Bertz CT molecular complexity index is 404. The first-order chi connectivity index (χ1) is 10.9. The van der Waals surface area contributed by atoms with E-state index < -0.39 is 0 Å². The molecule has 3 nitrogen and oxygen atoms in total. The van der Waals surface area contributed by atoms with Crippen LogP contribution < -0.4 is 5.32 Å². The second kappa shape index (κ2) is 13.0. The third-order valence-electron chi connectivity index (χ3n) is 3.26. The van der Waals surface area contributed by atoms with Crippen molar-refractivity contribution < 1.29 is 10.2 Å². The Hall–Kier alpha value is -1.68. The Labute approximate surface area is 133 Å². The van der Waals surface area contributed by atoms with E-state index in [4.69, 9.17) is 10.2 Å². The van der Waals surface area contributed by atoms with Crippen LogP contribution in [0.1, 0.15) is 30.4 Å². The molecule has 1 aliphatic heterocycles. The molecule has 3 rings (SSSR count). The number of piperidine rings is 1. The van der Waals surface area contributed by atoms with Crippen LogP contribution in [0.2, 0.25) is 0 Å². The van der Waals surface area contributed by atoms with Gasteiger partial charge in [0.05, 0.1) is 13.2 Å². The first-order valence-electron chi connectivity index (χ1n) is 7.87. The molecule has 22 heavy (non-hydrogen) atoms. The molecule has 1 aliphatic rings. The second-order valence-electron chi connectivity index (χ2n) is 5.10. The maximum Gasteiger partial charge on any atom is 0.0681 e. The van der Waals surface area contributed by atoms with Crippen LogP contribution in [0.15, 0.2) is 60.7 Å². The van der Waals surface area contributed by atoms with Gasteiger partial charge in [-0.25, -0.2) is 0 Å². The first kappa shape index (κ1) is 18.4. The van der Waals surface area contributed by atoms with E-state index in [1.54, 1.807) is 0 Å². The van der Waals surface area contributed by atoms with Crippen molar-refractivity contribution in [2.45, 2.75) is 32.5 Å². The summed E-state index contributed by atoms with van der Waals surface area (Å²) < 4.78 is 0. The maximum absolute atomic E-state index is 8.54. The standard InChI is InChI=1S/2C7H8O.C5H11N/c2*8-6-7-4-2-1-3-5-7;1-2-4-6-5-3-1/h2*1-5,8H,6H2;6H,1-5H2. The number of hydrogen-bond acceptors (Lipinski definition) is 3. The number of benzene rings is 2. The number of aliphatic hydroxyl groups excluding tert-OH is 2. The van der Waals surface area contributed by atoms with Gasteiger partial charge in [0, 0.05) is 0 Å². The van der Waals surface area contributed by atoms with Crippen molar-refractivity contribution in [2.75, 3.05) is 13.1 Å². The Morgan fingerprint density at radius 3 is 1.23 bits per heavy atom. The molecule has 3 N–H and O–H groups in total. The molecule has 0 aromatic heterocycles. The molecule has 2 aromatic rings. The minimum absolute atomic E-state index is 0.140. The number of nitrogens with one attached hydrogen (secondary N) is 1. The summed E-state index contributed by atoms with van der Waals surface area (Å²) in [5.74, 6) is 0. The lowest BCUT2D eigenvalue weighted by Gasteiger charge is -2.08. The molecule has 2 aromatic carbocycles. The maximum atomic E-state index is 8.54. The number of rotatable bonds is 2. The summed E-state index contributed by atoms with van der Waals surface area (Å²) in [5.41, 5.74) is 1.93. The normalized spacial score (nSPS) is 13.2. The summed E-state index contributed by atoms with van der Waals surface area (Å²) in [6.45, 7) is 2.78. The summed E-state index contributed by atoms with van der Waals surface area (Å²) >= 11 is 0. The van der Waals surface area contributed by atoms with Gasteiger partial charge in [-0.1, -0.05) is 67.1 Å². The summed E-state index contributed by atoms with van der Waals surface area (Å²) in [4.78, 5) is 0. The molecule has 0 unspecified atom stereocenters. The predicted molar refractivity (Wildman–Crippen MR) is 91.5 cm³/mol. The van der Waals surface area contributed by atoms with Crippen molar-refractivity contribution in [3.8, 4) is 0 Å². The van der Waals surface area contributed by atoms with Crippen LogP contribution in [-0.4, -0.2) is 23.3 Å². The molecule has 1 heterocycles. The fourth-order valence-electron chi connectivity index (χ4n) is 1.97. The summed E-state index contributed by atoms with van der Waals surface area (Å²) in [6, 6.07) is 19.0. The molecule has 0 bridgehead atoms. The van der Waals surface area contributed by atoms with E-state index in [0.717, 1.165) is 11.1 Å². The van der Waals surface area contributed by atoms with Crippen LogP contribution in [0.4, 0.5) is 0 Å². The summed E-state index contributed by atoms with van der Waals surface area (Å²) in [5, 5.41) is 20.4. The Morgan fingerprint density at radius 2 is 1.05 bits per heavy atom. The number of aliphatic hydroxyl groups is 2. The van der Waals surface area contributed by atoms with Gasteiger partial charge in [0.2, 0.25) is 0 Å². The highest BCUT2D eigenvalue weighted by Gasteiger charge is 1.93. The van der Waals surface area contributed by atoms with E-state index in [9.17, 15) is 0 Å². The zero-order chi connectivity index (χ0) is 15.9. The van der Waals surface area contributed by atoms with Crippen LogP contribution >= 0.6 is 0 Å². The molecule has 0 spiro atoms. The van der Waals surface area contributed by atoms with Crippen molar-refractivity contribution in [1.29, 1.82) is 0 Å². The fraction of sp³-hybridized carbons (Fsp3) is 0.368. The molecule has 3 heteroatoms. The number of hydrogen-bond donors (Lipinski definition) is 3. The smallest absolute Gasteiger partial charge is 0.0681 e. The molecular weight excluding hydrogens is 274 g/mol. The largest absolute Gasteiger partial charge is 0.392 e. The van der Waals surface area contributed by atoms with Crippen LogP contribution in [-0.2, 0) is 13.2 Å². The van der Waals surface area contributed by atoms with Crippen LogP contribution in [0, 0.1) is 0 Å². The molecule has 1 saturated heterocycles. The van der Waals surface area contributed by atoms with Crippen molar-refractivity contribution in [3.05, 3.63) is 71.8 Å². The van der Waals surface area contributed by atoms with E-state index >= 15 is 0 Å². The van der Waals surface area contributed by atoms with Crippen LogP contribution in [0.5, 0.6) is 0 Å². The molecule has 120 valence electrons. The van der Waals surface area contributed by atoms with E-state index in [-0.39, 0.29) is 13.2 Å². The second-order valence-corrected chi connectivity index (χ2v) is 5.10. The lowest BCUT2D eigenvalue weighted by Crippen LogP contribution is -2.21. The minimum atomic E-state index is 0.140. The SMILES string of the molecule is C1CCNCC1.OCc1ccccc1.OCc1ccccc1. The predicted octanol–water partition coefficient (Wildman–Crippen LogP) is 3.12. The van der Waals surface area contributed by atoms with E-state index in [1.807, 2.05) is 60.7 Å². The molecule has 0 atom stereocenters. The summed E-state index contributed by atoms with van der Waals surface area (Å²) in [7, 11) is 0. The van der Waals surface area contributed by atoms with Crippen molar-refractivity contribution in [2.24, 2.45) is 0 Å². The lowest BCUT2D eigenvalue weighted by atomic mass is 10.2. The van der Waals surface area contributed by atoms with E-state index in [0.29, 0.717) is 0 Å². The Balaban J connectivity index is 0.000000167. The minimum Gasteiger partial charge on any atom is -0.392 e. The highest BCUT2D eigenvalue weighted by molar-refractivity contribution is 5.13. The van der Waals surface area contributed by atoms with Gasteiger partial charge in [-0.15, -0.1) is 0 Å². The molecule has 0 radical (unpaired) electrons. The molecule has 0 saturated carbocycles. The third kappa shape index (κ3) is 9.29. The fourth-order valence-corrected chi connectivity index (χ4v) is 1.97. The van der Waals surface area contributed by atoms with Gasteiger partial charge in [-0.3, -0.25) is 0 Å². The monoisotopic (exact) mass is 301 g/mol. The van der Waals surface area contributed by atoms with E-state index in [2.05, 4.69) is 5.32 Å².